The number of hydrogen-bond donors (Lipinski definition) is 0. The molecule has 5 fully saturated rings. The largest absolute Gasteiger partial charge is 0.393 e. The Morgan fingerprint density at radius 3 is 2.31 bits per heavy atom. The van der Waals surface area contributed by atoms with Crippen LogP contribution in [0.25, 0.3) is 0 Å². The lowest BCUT2D eigenvalue weighted by Gasteiger charge is -2.45. The van der Waals surface area contributed by atoms with Gasteiger partial charge in [0.25, 0.3) is 0 Å². The van der Waals surface area contributed by atoms with Crippen molar-refractivity contribution in [3.63, 3.8) is 0 Å². The van der Waals surface area contributed by atoms with Crippen LogP contribution in [0.4, 0.5) is 0 Å². The summed E-state index contributed by atoms with van der Waals surface area (Å²) in [5, 5.41) is 0. The maximum absolute atomic E-state index is 13.1. The van der Waals surface area contributed by atoms with Crippen LogP contribution in [0.3, 0.4) is 0 Å². The number of cyclic esters (lactones) is 2. The zero-order chi connectivity index (χ0) is 20.8. The Hall–Kier alpha value is -1.19. The van der Waals surface area contributed by atoms with Crippen molar-refractivity contribution < 1.29 is 19.1 Å². The Morgan fingerprint density at radius 2 is 1.69 bits per heavy atom. The summed E-state index contributed by atoms with van der Waals surface area (Å²) in [5.74, 6) is 4.88. The van der Waals surface area contributed by atoms with Crippen molar-refractivity contribution in [2.24, 2.45) is 70.5 Å². The molecule has 0 aromatic rings. The number of ketones is 1. The molecule has 5 rings (SSSR count). The lowest BCUT2D eigenvalue weighted by molar-refractivity contribution is -0.154. The van der Waals surface area contributed by atoms with Crippen LogP contribution in [0.2, 0.25) is 0 Å². The quantitative estimate of drug-likeness (QED) is 0.396. The number of rotatable bonds is 4. The van der Waals surface area contributed by atoms with Crippen molar-refractivity contribution >= 4 is 17.7 Å². The van der Waals surface area contributed by atoms with Gasteiger partial charge in [-0.15, -0.1) is 0 Å². The van der Waals surface area contributed by atoms with E-state index in [0.717, 1.165) is 30.6 Å². The molecule has 0 spiro atoms. The molecule has 5 aliphatic rings. The standard InChI is InChI=1S/C25H36O4/c1-11-14(8-16-12(2)23(27)29-24(16)28)19-9-15(11)21-13-6-17(18(7-13)22(19)21)20(26)10-25(3,4)5/h11-19,21-22H,6-10H2,1-5H3/t11?,12?,13?,14?,15?,16?,17?,18?,19?,21-,22+/m1/s1. The Morgan fingerprint density at radius 1 is 0.966 bits per heavy atom. The Labute approximate surface area is 174 Å². The van der Waals surface area contributed by atoms with Gasteiger partial charge in [0, 0.05) is 12.3 Å². The number of carbonyl (C=O) groups excluding carboxylic acids is 3. The van der Waals surface area contributed by atoms with Gasteiger partial charge >= 0.3 is 11.9 Å². The van der Waals surface area contributed by atoms with Gasteiger partial charge in [-0.25, -0.2) is 0 Å². The monoisotopic (exact) mass is 400 g/mol. The van der Waals surface area contributed by atoms with E-state index in [-0.39, 0.29) is 35.1 Å². The minimum Gasteiger partial charge on any atom is -0.393 e. The minimum absolute atomic E-state index is 0.0650. The van der Waals surface area contributed by atoms with Gasteiger partial charge in [-0.2, -0.15) is 0 Å². The molecule has 4 heteroatoms. The first-order valence-electron chi connectivity index (χ1n) is 11.8. The summed E-state index contributed by atoms with van der Waals surface area (Å²) >= 11 is 0. The van der Waals surface area contributed by atoms with E-state index >= 15 is 0 Å². The van der Waals surface area contributed by atoms with Gasteiger partial charge in [-0.3, -0.25) is 14.4 Å². The normalized spacial score (nSPS) is 50.3. The number of Topliss-reactive ketones (excluding diaryl/α,β-unsaturated/α-hetero) is 1. The second kappa shape index (κ2) is 6.40. The molecule has 4 aliphatic carbocycles. The second-order valence-electron chi connectivity index (χ2n) is 12.3. The third-order valence-electron chi connectivity index (χ3n) is 9.69. The molecule has 9 unspecified atom stereocenters. The molecule has 160 valence electrons. The van der Waals surface area contributed by atoms with Crippen LogP contribution in [0.1, 0.15) is 66.7 Å². The number of hydrogen-bond acceptors (Lipinski definition) is 4. The smallest absolute Gasteiger partial charge is 0.317 e. The molecule has 0 amide bonds. The lowest BCUT2D eigenvalue weighted by atomic mass is 9.59. The first-order valence-corrected chi connectivity index (χ1v) is 11.8. The van der Waals surface area contributed by atoms with Crippen molar-refractivity contribution in [2.45, 2.75) is 66.7 Å². The summed E-state index contributed by atoms with van der Waals surface area (Å²) in [6.07, 6.45) is 5.15. The van der Waals surface area contributed by atoms with Gasteiger partial charge in [0.15, 0.2) is 0 Å². The SMILES string of the molecule is CC1C(=O)OC(=O)C1CC1C(C)C2CC1[C@@H]1C3CC(CC3C(=O)CC(C)(C)C)[C@H]21. The molecule has 4 bridgehead atoms. The van der Waals surface area contributed by atoms with Crippen molar-refractivity contribution in [3.05, 3.63) is 0 Å². The topological polar surface area (TPSA) is 60.4 Å². The van der Waals surface area contributed by atoms with Gasteiger partial charge < -0.3 is 4.74 Å². The highest BCUT2D eigenvalue weighted by molar-refractivity contribution is 5.96. The van der Waals surface area contributed by atoms with Crippen LogP contribution in [0, 0.1) is 70.5 Å². The molecular formula is C25H36O4. The molecule has 11 atom stereocenters. The van der Waals surface area contributed by atoms with Gasteiger partial charge in [-0.05, 0) is 78.4 Å². The summed E-state index contributed by atoms with van der Waals surface area (Å²) in [6.45, 7) is 10.7. The zero-order valence-corrected chi connectivity index (χ0v) is 18.5. The zero-order valence-electron chi connectivity index (χ0n) is 18.5. The molecule has 1 aliphatic heterocycles. The van der Waals surface area contributed by atoms with Gasteiger partial charge in [0.1, 0.15) is 5.78 Å². The van der Waals surface area contributed by atoms with E-state index < -0.39 is 0 Å². The molecule has 4 nitrogen and oxygen atoms in total. The molecular weight excluding hydrogens is 364 g/mol. The molecule has 0 N–H and O–H groups in total. The number of fused-ring (bicyclic) bond motifs is 9. The summed E-state index contributed by atoms with van der Waals surface area (Å²) in [6, 6.07) is 0. The highest BCUT2D eigenvalue weighted by atomic mass is 16.6. The van der Waals surface area contributed by atoms with E-state index in [2.05, 4.69) is 27.7 Å². The van der Waals surface area contributed by atoms with E-state index in [9.17, 15) is 14.4 Å². The molecule has 1 saturated heterocycles. The highest BCUT2D eigenvalue weighted by Crippen LogP contribution is 2.72. The maximum atomic E-state index is 13.1. The van der Waals surface area contributed by atoms with Crippen LogP contribution in [0.5, 0.6) is 0 Å². The van der Waals surface area contributed by atoms with E-state index in [0.29, 0.717) is 41.8 Å². The molecule has 0 aromatic heterocycles. The highest BCUT2D eigenvalue weighted by Gasteiger charge is 2.67. The van der Waals surface area contributed by atoms with E-state index in [1.807, 2.05) is 6.92 Å². The third kappa shape index (κ3) is 2.87. The van der Waals surface area contributed by atoms with E-state index in [4.69, 9.17) is 4.74 Å². The maximum Gasteiger partial charge on any atom is 0.317 e. The average Bonchev–Trinajstić information content (AvgIpc) is 3.38. The Bertz CT molecular complexity index is 748. The molecule has 0 aromatic carbocycles. The Kier molecular flexibility index (Phi) is 4.36. The van der Waals surface area contributed by atoms with Crippen LogP contribution in [-0.4, -0.2) is 17.7 Å². The van der Waals surface area contributed by atoms with E-state index in [1.54, 1.807) is 0 Å². The van der Waals surface area contributed by atoms with Gasteiger partial charge in [0.2, 0.25) is 0 Å². The number of ether oxygens (including phenoxy) is 1. The molecule has 0 radical (unpaired) electrons. The van der Waals surface area contributed by atoms with E-state index in [1.165, 1.54) is 12.8 Å². The number of esters is 2. The first kappa shape index (κ1) is 19.8. The molecule has 4 saturated carbocycles. The van der Waals surface area contributed by atoms with Crippen molar-refractivity contribution in [1.29, 1.82) is 0 Å². The average molecular weight is 401 g/mol. The first-order chi connectivity index (χ1) is 13.6. The number of carbonyl (C=O) groups is 3. The summed E-state index contributed by atoms with van der Waals surface area (Å²) in [7, 11) is 0. The Balaban J connectivity index is 1.34. The van der Waals surface area contributed by atoms with Crippen LogP contribution < -0.4 is 0 Å². The minimum atomic E-state index is -0.346. The van der Waals surface area contributed by atoms with Crippen molar-refractivity contribution in [1.82, 2.24) is 0 Å². The van der Waals surface area contributed by atoms with Crippen LogP contribution in [0.15, 0.2) is 0 Å². The van der Waals surface area contributed by atoms with Crippen molar-refractivity contribution in [2.75, 3.05) is 0 Å². The molecule has 29 heavy (non-hydrogen) atoms. The fourth-order valence-electron chi connectivity index (χ4n) is 8.69. The molecule has 1 heterocycles. The van der Waals surface area contributed by atoms with Gasteiger partial charge in [-0.1, -0.05) is 34.6 Å². The third-order valence-corrected chi connectivity index (χ3v) is 9.69. The summed E-state index contributed by atoms with van der Waals surface area (Å²) in [5.41, 5.74) is 0.0650. The van der Waals surface area contributed by atoms with Crippen LogP contribution >= 0.6 is 0 Å². The predicted octanol–water partition coefficient (Wildman–Crippen LogP) is 4.51. The van der Waals surface area contributed by atoms with Gasteiger partial charge in [0.05, 0.1) is 11.8 Å². The second-order valence-corrected chi connectivity index (χ2v) is 12.3. The predicted molar refractivity (Wildman–Crippen MR) is 108 cm³/mol. The summed E-state index contributed by atoms with van der Waals surface area (Å²) < 4.78 is 4.92. The van der Waals surface area contributed by atoms with Crippen molar-refractivity contribution in [3.8, 4) is 0 Å². The fraction of sp³-hybridized carbons (Fsp3) is 0.880. The fourth-order valence-corrected chi connectivity index (χ4v) is 8.69. The lowest BCUT2D eigenvalue weighted by Crippen LogP contribution is -2.42. The van der Waals surface area contributed by atoms with Crippen LogP contribution in [-0.2, 0) is 19.1 Å². The summed E-state index contributed by atoms with van der Waals surface area (Å²) in [4.78, 5) is 37.2.